The van der Waals surface area contributed by atoms with Gasteiger partial charge in [-0.1, -0.05) is 48.0 Å². The zero-order valence-electron chi connectivity index (χ0n) is 17.6. The minimum Gasteiger partial charge on any atom is -0.482 e. The normalized spacial score (nSPS) is 14.4. The molecule has 0 unspecified atom stereocenters. The standard InChI is InChI=1S/C25H19ClFN3O3/c1-16-19(25(32)30(29-16)18-7-3-2-4-8-18)13-17-11-12-23(20(26)14-17)33-15-24(31)28-22-10-6-5-9-21(22)27/h2-14H,15H2,1H3,(H,28,31)/b19-13-. The first-order valence-electron chi connectivity index (χ1n) is 10.1. The third-order valence-electron chi connectivity index (χ3n) is 4.84. The number of para-hydroxylation sites is 2. The molecule has 8 heteroatoms. The van der Waals surface area contributed by atoms with E-state index in [2.05, 4.69) is 10.4 Å². The van der Waals surface area contributed by atoms with Crippen LogP contribution in [0.3, 0.4) is 0 Å². The minimum absolute atomic E-state index is 0.0713. The highest BCUT2D eigenvalue weighted by Gasteiger charge is 2.28. The van der Waals surface area contributed by atoms with Gasteiger partial charge in [0.25, 0.3) is 11.8 Å². The van der Waals surface area contributed by atoms with Crippen molar-refractivity contribution in [1.82, 2.24) is 0 Å². The van der Waals surface area contributed by atoms with Crippen LogP contribution in [-0.4, -0.2) is 24.1 Å². The summed E-state index contributed by atoms with van der Waals surface area (Å²) < 4.78 is 19.1. The summed E-state index contributed by atoms with van der Waals surface area (Å²) in [5.41, 5.74) is 2.47. The Morgan fingerprint density at radius 2 is 1.85 bits per heavy atom. The molecule has 0 fully saturated rings. The van der Waals surface area contributed by atoms with Gasteiger partial charge < -0.3 is 10.1 Å². The van der Waals surface area contributed by atoms with E-state index < -0.39 is 11.7 Å². The summed E-state index contributed by atoms with van der Waals surface area (Å²) in [7, 11) is 0. The second-order valence-electron chi connectivity index (χ2n) is 7.20. The van der Waals surface area contributed by atoms with E-state index in [0.717, 1.165) is 0 Å². The molecule has 1 heterocycles. The third-order valence-corrected chi connectivity index (χ3v) is 5.13. The first-order chi connectivity index (χ1) is 15.9. The van der Waals surface area contributed by atoms with Crippen LogP contribution >= 0.6 is 11.6 Å². The second kappa shape index (κ2) is 9.67. The highest BCUT2D eigenvalue weighted by atomic mass is 35.5. The molecular formula is C25H19ClFN3O3. The Labute approximate surface area is 194 Å². The van der Waals surface area contributed by atoms with Crippen LogP contribution in [0, 0.1) is 5.82 Å². The second-order valence-corrected chi connectivity index (χ2v) is 7.61. The smallest absolute Gasteiger partial charge is 0.280 e. The first kappa shape index (κ1) is 22.2. The van der Waals surface area contributed by atoms with Crippen LogP contribution in [-0.2, 0) is 9.59 Å². The van der Waals surface area contributed by atoms with Crippen molar-refractivity contribution in [3.63, 3.8) is 0 Å². The Hall–Kier alpha value is -3.97. The van der Waals surface area contributed by atoms with E-state index in [9.17, 15) is 14.0 Å². The largest absolute Gasteiger partial charge is 0.482 e. The average molecular weight is 464 g/mol. The van der Waals surface area contributed by atoms with Gasteiger partial charge in [-0.15, -0.1) is 0 Å². The number of nitrogens with zero attached hydrogens (tertiary/aromatic N) is 2. The summed E-state index contributed by atoms with van der Waals surface area (Å²) in [6.07, 6.45) is 1.70. The van der Waals surface area contributed by atoms with E-state index in [1.807, 2.05) is 30.3 Å². The van der Waals surface area contributed by atoms with Gasteiger partial charge in [-0.3, -0.25) is 9.59 Å². The van der Waals surface area contributed by atoms with Crippen molar-refractivity contribution in [3.8, 4) is 5.75 Å². The number of hydrogen-bond acceptors (Lipinski definition) is 4. The monoisotopic (exact) mass is 463 g/mol. The molecule has 0 aliphatic carbocycles. The first-order valence-corrected chi connectivity index (χ1v) is 10.4. The van der Waals surface area contributed by atoms with Crippen molar-refractivity contribution < 1.29 is 18.7 Å². The molecule has 3 aromatic rings. The minimum atomic E-state index is -0.535. The summed E-state index contributed by atoms with van der Waals surface area (Å²) in [5, 5.41) is 8.41. The summed E-state index contributed by atoms with van der Waals surface area (Å²) in [6, 6.07) is 20.0. The molecule has 0 spiro atoms. The molecule has 166 valence electrons. The number of hydrazone groups is 1. The molecule has 4 rings (SSSR count). The molecule has 0 aromatic heterocycles. The van der Waals surface area contributed by atoms with Crippen molar-refractivity contribution >= 4 is 46.6 Å². The van der Waals surface area contributed by atoms with Crippen LogP contribution < -0.4 is 15.1 Å². The fraction of sp³-hybridized carbons (Fsp3) is 0.0800. The molecule has 0 saturated carbocycles. The lowest BCUT2D eigenvalue weighted by atomic mass is 10.1. The number of halogens is 2. The van der Waals surface area contributed by atoms with Gasteiger partial charge in [0, 0.05) is 0 Å². The summed E-state index contributed by atoms with van der Waals surface area (Å²) in [6.45, 7) is 1.42. The maximum atomic E-state index is 13.6. The summed E-state index contributed by atoms with van der Waals surface area (Å²) in [4.78, 5) is 24.9. The van der Waals surface area contributed by atoms with Crippen molar-refractivity contribution in [2.45, 2.75) is 6.92 Å². The van der Waals surface area contributed by atoms with E-state index in [-0.39, 0.29) is 29.0 Å². The molecule has 33 heavy (non-hydrogen) atoms. The molecular weight excluding hydrogens is 445 g/mol. The molecule has 6 nitrogen and oxygen atoms in total. The topological polar surface area (TPSA) is 71.0 Å². The Morgan fingerprint density at radius 3 is 2.58 bits per heavy atom. The van der Waals surface area contributed by atoms with Crippen molar-refractivity contribution in [2.75, 3.05) is 16.9 Å². The highest BCUT2D eigenvalue weighted by Crippen LogP contribution is 2.29. The van der Waals surface area contributed by atoms with E-state index in [1.165, 1.54) is 23.2 Å². The number of carbonyl (C=O) groups is 2. The number of hydrogen-bond donors (Lipinski definition) is 1. The van der Waals surface area contributed by atoms with Crippen LogP contribution in [0.2, 0.25) is 5.02 Å². The van der Waals surface area contributed by atoms with Crippen LogP contribution in [0.4, 0.5) is 15.8 Å². The van der Waals surface area contributed by atoms with Crippen molar-refractivity contribution in [3.05, 3.63) is 94.8 Å². The number of benzene rings is 3. The zero-order chi connectivity index (χ0) is 23.4. The van der Waals surface area contributed by atoms with Crippen LogP contribution in [0.15, 0.2) is 83.5 Å². The summed E-state index contributed by atoms with van der Waals surface area (Å²) in [5.74, 6) is -1.00. The molecule has 0 saturated heterocycles. The highest BCUT2D eigenvalue weighted by molar-refractivity contribution is 6.33. The van der Waals surface area contributed by atoms with E-state index in [4.69, 9.17) is 16.3 Å². The maximum Gasteiger partial charge on any atom is 0.280 e. The Morgan fingerprint density at radius 1 is 1.12 bits per heavy atom. The molecule has 0 radical (unpaired) electrons. The number of rotatable bonds is 6. The van der Waals surface area contributed by atoms with Crippen LogP contribution in [0.1, 0.15) is 12.5 Å². The Balaban J connectivity index is 1.43. The fourth-order valence-electron chi connectivity index (χ4n) is 3.21. The van der Waals surface area contributed by atoms with Gasteiger partial charge in [-0.2, -0.15) is 10.1 Å². The molecule has 1 aliphatic heterocycles. The number of nitrogens with one attached hydrogen (secondary N) is 1. The average Bonchev–Trinajstić information content (AvgIpc) is 3.09. The Bertz CT molecular complexity index is 1270. The van der Waals surface area contributed by atoms with Gasteiger partial charge in [-0.05, 0) is 55.0 Å². The summed E-state index contributed by atoms with van der Waals surface area (Å²) >= 11 is 6.31. The number of anilines is 2. The molecule has 0 atom stereocenters. The van der Waals surface area contributed by atoms with Crippen molar-refractivity contribution in [1.29, 1.82) is 0 Å². The van der Waals surface area contributed by atoms with Gasteiger partial charge >= 0.3 is 0 Å². The lowest BCUT2D eigenvalue weighted by molar-refractivity contribution is -0.118. The van der Waals surface area contributed by atoms with E-state index in [1.54, 1.807) is 37.3 Å². The van der Waals surface area contributed by atoms with Crippen molar-refractivity contribution in [2.24, 2.45) is 5.10 Å². The molecule has 1 aliphatic rings. The number of ether oxygens (including phenoxy) is 1. The SMILES string of the molecule is CC1=NN(c2ccccc2)C(=O)/C1=C\c1ccc(OCC(=O)Nc2ccccc2F)c(Cl)c1. The molecule has 3 aromatic carbocycles. The lowest BCUT2D eigenvalue weighted by Gasteiger charge is -2.11. The van der Waals surface area contributed by atoms with Gasteiger partial charge in [0.15, 0.2) is 6.61 Å². The predicted molar refractivity (Wildman–Crippen MR) is 127 cm³/mol. The zero-order valence-corrected chi connectivity index (χ0v) is 18.3. The molecule has 0 bridgehead atoms. The van der Waals surface area contributed by atoms with Crippen LogP contribution in [0.5, 0.6) is 5.75 Å². The predicted octanol–water partition coefficient (Wildman–Crippen LogP) is 5.30. The third kappa shape index (κ3) is 5.10. The van der Waals surface area contributed by atoms with E-state index >= 15 is 0 Å². The van der Waals surface area contributed by atoms with Gasteiger partial charge in [0.1, 0.15) is 11.6 Å². The number of carbonyl (C=O) groups excluding carboxylic acids is 2. The quantitative estimate of drug-likeness (QED) is 0.504. The Kier molecular flexibility index (Phi) is 6.51. The van der Waals surface area contributed by atoms with Gasteiger partial charge in [-0.25, -0.2) is 4.39 Å². The fourth-order valence-corrected chi connectivity index (χ4v) is 3.45. The molecule has 1 N–H and O–H groups in total. The van der Waals surface area contributed by atoms with Gasteiger partial charge in [0.2, 0.25) is 0 Å². The lowest BCUT2D eigenvalue weighted by Crippen LogP contribution is -2.21. The maximum absolute atomic E-state index is 13.6. The number of amides is 2. The molecule has 2 amide bonds. The van der Waals surface area contributed by atoms with Gasteiger partial charge in [0.05, 0.1) is 27.7 Å². The van der Waals surface area contributed by atoms with E-state index in [0.29, 0.717) is 22.5 Å². The van der Waals surface area contributed by atoms with Crippen LogP contribution in [0.25, 0.3) is 6.08 Å².